The molecule has 2 aromatic carbocycles. The first-order chi connectivity index (χ1) is 10.1. The molecular weight excluding hydrogens is 289 g/mol. The number of amides is 1. The number of rotatable bonds is 5. The molecule has 1 amide bonds. The minimum Gasteiger partial charge on any atom is -0.323 e. The largest absolute Gasteiger partial charge is 0.323 e. The van der Waals surface area contributed by atoms with E-state index in [1.54, 1.807) is 6.07 Å². The van der Waals surface area contributed by atoms with Crippen LogP contribution in [0.5, 0.6) is 0 Å². The molecule has 2 rings (SSSR count). The second kappa shape index (κ2) is 7.23. The SMILES string of the molecule is CCC[C@@H](C(=O)Nc1ccc(Cl)cc1F)c1ccccc1. The zero-order valence-corrected chi connectivity index (χ0v) is 12.5. The first kappa shape index (κ1) is 15.5. The van der Waals surface area contributed by atoms with E-state index in [4.69, 9.17) is 11.6 Å². The second-order valence-corrected chi connectivity index (χ2v) is 5.30. The summed E-state index contributed by atoms with van der Waals surface area (Å²) in [5.74, 6) is -1.02. The molecule has 110 valence electrons. The maximum Gasteiger partial charge on any atom is 0.231 e. The summed E-state index contributed by atoms with van der Waals surface area (Å²) < 4.78 is 13.8. The van der Waals surface area contributed by atoms with Crippen molar-refractivity contribution in [2.45, 2.75) is 25.7 Å². The molecule has 2 aromatic rings. The molecule has 0 bridgehead atoms. The lowest BCUT2D eigenvalue weighted by molar-refractivity contribution is -0.117. The van der Waals surface area contributed by atoms with Gasteiger partial charge >= 0.3 is 0 Å². The molecule has 21 heavy (non-hydrogen) atoms. The van der Waals surface area contributed by atoms with Crippen LogP contribution in [-0.2, 0) is 4.79 Å². The van der Waals surface area contributed by atoms with Gasteiger partial charge in [0.2, 0.25) is 5.91 Å². The fraction of sp³-hybridized carbons (Fsp3) is 0.235. The molecule has 0 heterocycles. The van der Waals surface area contributed by atoms with Crippen LogP contribution in [0.3, 0.4) is 0 Å². The van der Waals surface area contributed by atoms with Crippen molar-refractivity contribution < 1.29 is 9.18 Å². The average molecular weight is 306 g/mol. The number of anilines is 1. The maximum atomic E-state index is 13.8. The maximum absolute atomic E-state index is 13.8. The Labute approximate surface area is 128 Å². The Morgan fingerprint density at radius 2 is 1.95 bits per heavy atom. The number of hydrogen-bond acceptors (Lipinski definition) is 1. The molecule has 0 radical (unpaired) electrons. The van der Waals surface area contributed by atoms with Gasteiger partial charge < -0.3 is 5.32 Å². The molecule has 0 saturated heterocycles. The van der Waals surface area contributed by atoms with E-state index in [9.17, 15) is 9.18 Å². The van der Waals surface area contributed by atoms with E-state index in [2.05, 4.69) is 5.32 Å². The summed E-state index contributed by atoms with van der Waals surface area (Å²) >= 11 is 5.71. The van der Waals surface area contributed by atoms with Crippen LogP contribution >= 0.6 is 11.6 Å². The first-order valence-corrected chi connectivity index (χ1v) is 7.30. The summed E-state index contributed by atoms with van der Waals surface area (Å²) in [5, 5.41) is 2.95. The van der Waals surface area contributed by atoms with Crippen LogP contribution in [0, 0.1) is 5.82 Å². The third kappa shape index (κ3) is 4.05. The molecule has 0 fully saturated rings. The molecule has 0 saturated carbocycles. The van der Waals surface area contributed by atoms with Gasteiger partial charge in [-0.2, -0.15) is 0 Å². The average Bonchev–Trinajstić information content (AvgIpc) is 2.48. The van der Waals surface area contributed by atoms with Crippen molar-refractivity contribution in [1.82, 2.24) is 0 Å². The van der Waals surface area contributed by atoms with Gasteiger partial charge in [-0.25, -0.2) is 4.39 Å². The Morgan fingerprint density at radius 1 is 1.24 bits per heavy atom. The third-order valence-electron chi connectivity index (χ3n) is 3.28. The van der Waals surface area contributed by atoms with Crippen LogP contribution in [0.4, 0.5) is 10.1 Å². The van der Waals surface area contributed by atoms with E-state index >= 15 is 0 Å². The lowest BCUT2D eigenvalue weighted by Gasteiger charge is -2.17. The summed E-state index contributed by atoms with van der Waals surface area (Å²) in [6.45, 7) is 2.02. The third-order valence-corrected chi connectivity index (χ3v) is 3.52. The fourth-order valence-corrected chi connectivity index (χ4v) is 2.39. The normalized spacial score (nSPS) is 12.0. The Balaban J connectivity index is 2.19. The number of hydrogen-bond donors (Lipinski definition) is 1. The first-order valence-electron chi connectivity index (χ1n) is 6.92. The van der Waals surface area contributed by atoms with Crippen LogP contribution in [-0.4, -0.2) is 5.91 Å². The smallest absolute Gasteiger partial charge is 0.231 e. The molecule has 2 nitrogen and oxygen atoms in total. The number of benzene rings is 2. The van der Waals surface area contributed by atoms with Gasteiger partial charge in [0, 0.05) is 5.02 Å². The summed E-state index contributed by atoms with van der Waals surface area (Å²) in [4.78, 5) is 12.4. The van der Waals surface area contributed by atoms with Gasteiger partial charge in [0.05, 0.1) is 11.6 Å². The molecule has 0 unspecified atom stereocenters. The van der Waals surface area contributed by atoms with Crippen molar-refractivity contribution in [3.8, 4) is 0 Å². The van der Waals surface area contributed by atoms with Crippen LogP contribution in [0.2, 0.25) is 5.02 Å². The lowest BCUT2D eigenvalue weighted by atomic mass is 9.93. The lowest BCUT2D eigenvalue weighted by Crippen LogP contribution is -2.21. The topological polar surface area (TPSA) is 29.1 Å². The van der Waals surface area contributed by atoms with Crippen molar-refractivity contribution in [3.05, 3.63) is 64.9 Å². The van der Waals surface area contributed by atoms with Gasteiger partial charge in [-0.15, -0.1) is 0 Å². The van der Waals surface area contributed by atoms with Crippen LogP contribution in [0.15, 0.2) is 48.5 Å². The van der Waals surface area contributed by atoms with Gasteiger partial charge in [-0.05, 0) is 30.2 Å². The molecule has 0 aliphatic heterocycles. The van der Waals surface area contributed by atoms with Gasteiger partial charge in [-0.1, -0.05) is 55.3 Å². The molecule has 1 N–H and O–H groups in total. The van der Waals surface area contributed by atoms with Crippen molar-refractivity contribution in [2.75, 3.05) is 5.32 Å². The standard InChI is InChI=1S/C17H17ClFNO/c1-2-6-14(12-7-4-3-5-8-12)17(21)20-16-10-9-13(18)11-15(16)19/h3-5,7-11,14H,2,6H2,1H3,(H,20,21)/t14-/m1/s1. The van der Waals surface area contributed by atoms with Gasteiger partial charge in [0.25, 0.3) is 0 Å². The predicted molar refractivity (Wildman–Crippen MR) is 84.1 cm³/mol. The Kier molecular flexibility index (Phi) is 5.34. The van der Waals surface area contributed by atoms with Crippen molar-refractivity contribution >= 4 is 23.2 Å². The fourth-order valence-electron chi connectivity index (χ4n) is 2.23. The molecule has 1 atom stereocenters. The molecular formula is C17H17ClFNO. The molecule has 0 aliphatic rings. The highest BCUT2D eigenvalue weighted by atomic mass is 35.5. The summed E-state index contributed by atoms with van der Waals surface area (Å²) in [5.41, 5.74) is 1.09. The highest BCUT2D eigenvalue weighted by molar-refractivity contribution is 6.30. The number of carbonyl (C=O) groups is 1. The highest BCUT2D eigenvalue weighted by Crippen LogP contribution is 2.25. The molecule has 0 aliphatic carbocycles. The molecule has 0 aromatic heterocycles. The van der Waals surface area contributed by atoms with Crippen molar-refractivity contribution in [2.24, 2.45) is 0 Å². The van der Waals surface area contributed by atoms with Gasteiger partial charge in [0.15, 0.2) is 0 Å². The summed E-state index contributed by atoms with van der Waals surface area (Å²) in [7, 11) is 0. The molecule has 0 spiro atoms. The number of halogens is 2. The van der Waals surface area contributed by atoms with E-state index in [1.165, 1.54) is 12.1 Å². The Hall–Kier alpha value is -1.87. The Bertz CT molecular complexity index is 615. The van der Waals surface area contributed by atoms with Gasteiger partial charge in [-0.3, -0.25) is 4.79 Å². The Morgan fingerprint density at radius 3 is 2.57 bits per heavy atom. The van der Waals surface area contributed by atoms with E-state index in [1.807, 2.05) is 37.3 Å². The van der Waals surface area contributed by atoms with Gasteiger partial charge in [0.1, 0.15) is 5.82 Å². The number of carbonyl (C=O) groups excluding carboxylic acids is 1. The summed E-state index contributed by atoms with van der Waals surface area (Å²) in [6, 6.07) is 13.7. The highest BCUT2D eigenvalue weighted by Gasteiger charge is 2.20. The van der Waals surface area contributed by atoms with E-state index in [0.29, 0.717) is 11.4 Å². The quantitative estimate of drug-likeness (QED) is 0.827. The van der Waals surface area contributed by atoms with Crippen molar-refractivity contribution in [3.63, 3.8) is 0 Å². The zero-order chi connectivity index (χ0) is 15.2. The summed E-state index contributed by atoms with van der Waals surface area (Å²) in [6.07, 6.45) is 1.58. The van der Waals surface area contributed by atoms with Crippen LogP contribution in [0.25, 0.3) is 0 Å². The monoisotopic (exact) mass is 305 g/mol. The molecule has 4 heteroatoms. The number of nitrogens with one attached hydrogen (secondary N) is 1. The van der Waals surface area contributed by atoms with Crippen molar-refractivity contribution in [1.29, 1.82) is 0 Å². The predicted octanol–water partition coefficient (Wildman–Crippen LogP) is 5.00. The van der Waals surface area contributed by atoms with Crippen LogP contribution < -0.4 is 5.32 Å². The van der Waals surface area contributed by atoms with E-state index in [0.717, 1.165) is 12.0 Å². The zero-order valence-electron chi connectivity index (χ0n) is 11.8. The van der Waals surface area contributed by atoms with E-state index in [-0.39, 0.29) is 17.5 Å². The van der Waals surface area contributed by atoms with E-state index < -0.39 is 5.82 Å². The second-order valence-electron chi connectivity index (χ2n) is 4.87. The minimum atomic E-state index is -0.529. The van der Waals surface area contributed by atoms with Crippen LogP contribution in [0.1, 0.15) is 31.2 Å². The minimum absolute atomic E-state index is 0.154.